The summed E-state index contributed by atoms with van der Waals surface area (Å²) in [4.78, 5) is 28.0. The van der Waals surface area contributed by atoms with Crippen LogP contribution in [0.15, 0.2) is 76.1 Å². The Balaban J connectivity index is 2.07. The minimum atomic E-state index is -4.21. The average molecular weight is 641 g/mol. The molecule has 0 spiro atoms. The van der Waals surface area contributed by atoms with Gasteiger partial charge in [0.1, 0.15) is 12.6 Å². The SMILES string of the molecule is CCNC(=O)[C@H](C)N(Cc1cccc(Br)c1)C(=O)CN(c1cc(Cl)cc(Cl)c1)S(=O)(=O)c1ccc(C)cc1. The number of carbonyl (C=O) groups excluding carboxylic acids is 2. The molecule has 3 aromatic carbocycles. The van der Waals surface area contributed by atoms with Crippen molar-refractivity contribution in [2.24, 2.45) is 0 Å². The van der Waals surface area contributed by atoms with E-state index in [1.807, 2.05) is 31.2 Å². The first kappa shape index (κ1) is 30.0. The quantitative estimate of drug-likeness (QED) is 0.303. The number of carbonyl (C=O) groups is 2. The maximum atomic E-state index is 13.8. The molecule has 0 saturated carbocycles. The second-order valence-corrected chi connectivity index (χ2v) is 12.3. The molecule has 3 rings (SSSR count). The third kappa shape index (κ3) is 7.50. The minimum absolute atomic E-state index is 0.00214. The number of halogens is 3. The van der Waals surface area contributed by atoms with Crippen LogP contribution in [0.3, 0.4) is 0 Å². The van der Waals surface area contributed by atoms with Gasteiger partial charge in [-0.15, -0.1) is 0 Å². The van der Waals surface area contributed by atoms with Crippen LogP contribution < -0.4 is 9.62 Å². The molecule has 0 aliphatic carbocycles. The predicted octanol–water partition coefficient (Wildman–Crippen LogP) is 5.81. The van der Waals surface area contributed by atoms with E-state index in [0.717, 1.165) is 19.9 Å². The van der Waals surface area contributed by atoms with Gasteiger partial charge in [0.05, 0.1) is 10.6 Å². The molecule has 0 heterocycles. The number of amides is 2. The van der Waals surface area contributed by atoms with Gasteiger partial charge in [0, 0.05) is 27.6 Å². The molecule has 0 aromatic heterocycles. The number of hydrogen-bond donors (Lipinski definition) is 1. The van der Waals surface area contributed by atoms with Gasteiger partial charge in [0.25, 0.3) is 10.0 Å². The van der Waals surface area contributed by atoms with Crippen LogP contribution in [0.2, 0.25) is 10.0 Å². The number of nitrogens with zero attached hydrogens (tertiary/aromatic N) is 2. The van der Waals surface area contributed by atoms with Gasteiger partial charge in [-0.2, -0.15) is 0 Å². The molecule has 0 fully saturated rings. The highest BCUT2D eigenvalue weighted by Gasteiger charge is 2.32. The zero-order chi connectivity index (χ0) is 28.0. The summed E-state index contributed by atoms with van der Waals surface area (Å²) in [6.45, 7) is 5.13. The summed E-state index contributed by atoms with van der Waals surface area (Å²) in [6, 6.07) is 17.1. The Hall–Kier alpha value is -2.59. The van der Waals surface area contributed by atoms with Gasteiger partial charge >= 0.3 is 0 Å². The highest BCUT2D eigenvalue weighted by atomic mass is 79.9. The van der Waals surface area contributed by atoms with Crippen LogP contribution in [0.5, 0.6) is 0 Å². The van der Waals surface area contributed by atoms with Gasteiger partial charge in [-0.3, -0.25) is 13.9 Å². The number of anilines is 1. The van der Waals surface area contributed by atoms with Crippen molar-refractivity contribution in [2.75, 3.05) is 17.4 Å². The first-order valence-electron chi connectivity index (χ1n) is 11.8. The Labute approximate surface area is 241 Å². The Morgan fingerprint density at radius 3 is 2.21 bits per heavy atom. The molecule has 0 aliphatic heterocycles. The summed E-state index contributed by atoms with van der Waals surface area (Å²) in [5.74, 6) is -0.926. The largest absolute Gasteiger partial charge is 0.355 e. The van der Waals surface area contributed by atoms with E-state index in [2.05, 4.69) is 21.2 Å². The lowest BCUT2D eigenvalue weighted by molar-refractivity contribution is -0.139. The van der Waals surface area contributed by atoms with Gasteiger partial charge in [0.2, 0.25) is 11.8 Å². The van der Waals surface area contributed by atoms with Crippen molar-refractivity contribution in [3.63, 3.8) is 0 Å². The minimum Gasteiger partial charge on any atom is -0.355 e. The molecule has 0 unspecified atom stereocenters. The number of rotatable bonds is 10. The van der Waals surface area contributed by atoms with Crippen LogP contribution in [0.4, 0.5) is 5.69 Å². The van der Waals surface area contributed by atoms with E-state index < -0.39 is 28.5 Å². The molecule has 3 aromatic rings. The van der Waals surface area contributed by atoms with E-state index in [1.165, 1.54) is 35.2 Å². The lowest BCUT2D eigenvalue weighted by Crippen LogP contribution is -2.51. The van der Waals surface area contributed by atoms with Crippen molar-refractivity contribution in [1.82, 2.24) is 10.2 Å². The van der Waals surface area contributed by atoms with Crippen LogP contribution in [0.1, 0.15) is 25.0 Å². The molecular weight excluding hydrogens is 613 g/mol. The molecule has 2 amide bonds. The zero-order valence-corrected chi connectivity index (χ0v) is 25.0. The van der Waals surface area contributed by atoms with Crippen LogP contribution >= 0.6 is 39.1 Å². The molecule has 38 heavy (non-hydrogen) atoms. The van der Waals surface area contributed by atoms with Crippen molar-refractivity contribution in [2.45, 2.75) is 38.3 Å². The summed E-state index contributed by atoms with van der Waals surface area (Å²) in [5, 5.41) is 3.16. The van der Waals surface area contributed by atoms with Crippen LogP contribution in [0, 0.1) is 6.92 Å². The monoisotopic (exact) mass is 639 g/mol. The molecule has 7 nitrogen and oxygen atoms in total. The highest BCUT2D eigenvalue weighted by Crippen LogP contribution is 2.30. The van der Waals surface area contributed by atoms with E-state index in [0.29, 0.717) is 6.54 Å². The number of nitrogens with one attached hydrogen (secondary N) is 1. The average Bonchev–Trinajstić information content (AvgIpc) is 2.85. The maximum Gasteiger partial charge on any atom is 0.264 e. The van der Waals surface area contributed by atoms with Crippen LogP contribution in [-0.4, -0.2) is 44.3 Å². The summed E-state index contributed by atoms with van der Waals surface area (Å²) < 4.78 is 29.4. The van der Waals surface area contributed by atoms with Crippen LogP contribution in [-0.2, 0) is 26.2 Å². The molecule has 0 radical (unpaired) electrons. The molecular formula is C27H28BrCl2N3O4S. The Kier molecular flexibility index (Phi) is 10.2. The van der Waals surface area contributed by atoms with Gasteiger partial charge in [-0.05, 0) is 68.8 Å². The molecule has 0 saturated heterocycles. The van der Waals surface area contributed by atoms with Gasteiger partial charge in [0.15, 0.2) is 0 Å². The Bertz CT molecular complexity index is 1400. The Morgan fingerprint density at radius 2 is 1.63 bits per heavy atom. The van der Waals surface area contributed by atoms with Gasteiger partial charge < -0.3 is 10.2 Å². The van der Waals surface area contributed by atoms with E-state index in [4.69, 9.17) is 23.2 Å². The van der Waals surface area contributed by atoms with Gasteiger partial charge in [-0.1, -0.05) is 69.0 Å². The normalized spacial score (nSPS) is 12.1. The molecule has 0 bridgehead atoms. The molecule has 1 N–H and O–H groups in total. The third-order valence-electron chi connectivity index (χ3n) is 5.78. The van der Waals surface area contributed by atoms with E-state index >= 15 is 0 Å². The number of aryl methyl sites for hydroxylation is 1. The van der Waals surface area contributed by atoms with E-state index in [-0.39, 0.29) is 33.1 Å². The first-order chi connectivity index (χ1) is 17.9. The number of benzene rings is 3. The lowest BCUT2D eigenvalue weighted by atomic mass is 10.1. The maximum absolute atomic E-state index is 13.8. The second kappa shape index (κ2) is 13.0. The summed E-state index contributed by atoms with van der Waals surface area (Å²) in [5.41, 5.74) is 1.78. The fraction of sp³-hybridized carbons (Fsp3) is 0.259. The van der Waals surface area contributed by atoms with Crippen molar-refractivity contribution in [3.05, 3.63) is 92.4 Å². The number of hydrogen-bond acceptors (Lipinski definition) is 4. The summed E-state index contributed by atoms with van der Waals surface area (Å²) in [7, 11) is -4.21. The molecule has 202 valence electrons. The fourth-order valence-electron chi connectivity index (χ4n) is 3.79. The first-order valence-corrected chi connectivity index (χ1v) is 14.8. The number of likely N-dealkylation sites (N-methyl/N-ethyl adjacent to an activating group) is 1. The van der Waals surface area contributed by atoms with Crippen LogP contribution in [0.25, 0.3) is 0 Å². The van der Waals surface area contributed by atoms with E-state index in [9.17, 15) is 18.0 Å². The summed E-state index contributed by atoms with van der Waals surface area (Å²) >= 11 is 15.8. The molecule has 11 heteroatoms. The molecule has 1 atom stereocenters. The predicted molar refractivity (Wildman–Crippen MR) is 155 cm³/mol. The third-order valence-corrected chi connectivity index (χ3v) is 8.50. The second-order valence-electron chi connectivity index (χ2n) is 8.67. The smallest absolute Gasteiger partial charge is 0.264 e. The fourth-order valence-corrected chi connectivity index (χ4v) is 6.15. The van der Waals surface area contributed by atoms with Crippen molar-refractivity contribution >= 4 is 66.7 Å². The van der Waals surface area contributed by atoms with Crippen molar-refractivity contribution in [3.8, 4) is 0 Å². The van der Waals surface area contributed by atoms with Crippen molar-refractivity contribution in [1.29, 1.82) is 0 Å². The summed E-state index contributed by atoms with van der Waals surface area (Å²) in [6.07, 6.45) is 0. The molecule has 0 aliphatic rings. The Morgan fingerprint density at radius 1 is 1.00 bits per heavy atom. The van der Waals surface area contributed by atoms with Crippen molar-refractivity contribution < 1.29 is 18.0 Å². The van der Waals surface area contributed by atoms with E-state index in [1.54, 1.807) is 26.0 Å². The zero-order valence-electron chi connectivity index (χ0n) is 21.1. The lowest BCUT2D eigenvalue weighted by Gasteiger charge is -2.32. The standard InChI is InChI=1S/C27H28BrCl2N3O4S/c1-4-31-27(35)19(3)32(16-20-6-5-7-21(28)12-20)26(34)17-33(24-14-22(29)13-23(30)15-24)38(36,37)25-10-8-18(2)9-11-25/h5-15,19H,4,16-17H2,1-3H3,(H,31,35)/t19-/m0/s1. The topological polar surface area (TPSA) is 86.8 Å². The van der Waals surface area contributed by atoms with Gasteiger partial charge in [-0.25, -0.2) is 8.42 Å². The number of sulfonamides is 1. The highest BCUT2D eigenvalue weighted by molar-refractivity contribution is 9.10.